The molecule has 4 saturated carbocycles. The van der Waals surface area contributed by atoms with Crippen molar-refractivity contribution in [2.24, 2.45) is 46.3 Å². The average molecular weight is 704 g/mol. The first-order valence-corrected chi connectivity index (χ1v) is 16.4. The van der Waals surface area contributed by atoms with Gasteiger partial charge in [0.2, 0.25) is 0 Å². The van der Waals surface area contributed by atoms with Gasteiger partial charge in [-0.2, -0.15) is 26.3 Å². The topological polar surface area (TPSA) is 147 Å². The van der Waals surface area contributed by atoms with Gasteiger partial charge in [-0.05, 0) is 86.4 Å². The van der Waals surface area contributed by atoms with Gasteiger partial charge in [0.25, 0.3) is 25.5 Å². The highest BCUT2D eigenvalue weighted by Crippen LogP contribution is 2.69. The van der Waals surface area contributed by atoms with Crippen molar-refractivity contribution in [2.75, 3.05) is 0 Å². The molecule has 12 atom stereocenters. The highest BCUT2D eigenvalue weighted by Gasteiger charge is 2.67. The van der Waals surface area contributed by atoms with E-state index in [1.807, 2.05) is 6.92 Å². The number of halogens is 5. The number of fused-ring (bicyclic) bond motifs is 5. The zero-order chi connectivity index (χ0) is 34.8. The van der Waals surface area contributed by atoms with Gasteiger partial charge in [0.1, 0.15) is 30.4 Å². The molecule has 0 aromatic rings. The zero-order valence-corrected chi connectivity index (χ0v) is 27.0. The molecule has 0 saturated heterocycles. The molecule has 4 fully saturated rings. The van der Waals surface area contributed by atoms with Crippen molar-refractivity contribution in [1.82, 2.24) is 0 Å². The van der Waals surface area contributed by atoms with Crippen molar-refractivity contribution in [2.45, 2.75) is 114 Å². The molecule has 0 radical (unpaired) electrons. The molecule has 0 N–H and O–H groups in total. The van der Waals surface area contributed by atoms with Crippen LogP contribution in [0.3, 0.4) is 0 Å². The van der Waals surface area contributed by atoms with E-state index in [1.54, 1.807) is 6.92 Å². The lowest BCUT2D eigenvalue weighted by Gasteiger charge is -2.64. The molecule has 4 rings (SSSR count). The second kappa shape index (κ2) is 14.7. The summed E-state index contributed by atoms with van der Waals surface area (Å²) in [5.74, 6) is -2.12. The maximum atomic E-state index is 14.1. The van der Waals surface area contributed by atoms with E-state index in [-0.39, 0.29) is 53.4 Å². The molecule has 0 aliphatic heterocycles. The van der Waals surface area contributed by atoms with E-state index in [0.29, 0.717) is 57.9 Å². The van der Waals surface area contributed by atoms with Crippen LogP contribution in [0.5, 0.6) is 0 Å². The van der Waals surface area contributed by atoms with E-state index >= 15 is 0 Å². The van der Waals surface area contributed by atoms with E-state index in [2.05, 4.69) is 21.0 Å². The Balaban J connectivity index is 1.53. The minimum Gasteiger partial charge on any atom is -0.691 e. The van der Waals surface area contributed by atoms with Gasteiger partial charge in [0.05, 0.1) is 0 Å². The summed E-state index contributed by atoms with van der Waals surface area (Å²) < 4.78 is 92.5. The molecule has 0 aromatic heterocycles. The summed E-state index contributed by atoms with van der Waals surface area (Å²) in [6, 6.07) is 0. The summed E-state index contributed by atoms with van der Waals surface area (Å²) in [6.45, 7) is 7.27. The molecule has 47 heavy (non-hydrogen) atoms. The lowest BCUT2D eigenvalue weighted by Crippen LogP contribution is -2.63. The molecular weight excluding hydrogens is 663 g/mol. The Bertz CT molecular complexity index is 1130. The smallest absolute Gasteiger partial charge is 0.432 e. The van der Waals surface area contributed by atoms with E-state index in [0.717, 1.165) is 6.42 Å². The Labute approximate surface area is 272 Å². The number of rotatable bonds is 15. The lowest BCUT2D eigenvalue weighted by atomic mass is 9.43. The average Bonchev–Trinajstić information content (AvgIpc) is 3.36. The lowest BCUT2D eigenvalue weighted by molar-refractivity contribution is -0.777. The van der Waals surface area contributed by atoms with Crippen LogP contribution in [0.25, 0.3) is 0 Å². The number of hydrogen-bond acceptors (Lipinski definition) is 12. The number of carbonyl (C=O) groups excluding carboxylic acids is 4. The zero-order valence-electron chi connectivity index (χ0n) is 26.2. The van der Waals surface area contributed by atoms with E-state index in [4.69, 9.17) is 14.2 Å². The van der Waals surface area contributed by atoms with Crippen LogP contribution in [0.2, 0.25) is 0 Å². The molecule has 4 aliphatic carbocycles. The first-order valence-electron chi connectivity index (χ1n) is 15.6. The van der Waals surface area contributed by atoms with Crippen LogP contribution in [0, 0.1) is 46.3 Å². The number of alkyl halides is 5. The Hall–Kier alpha value is -2.24. The summed E-state index contributed by atoms with van der Waals surface area (Å²) in [7, 11) is 0. The Morgan fingerprint density at radius 1 is 0.957 bits per heavy atom. The molecule has 4 aliphatic rings. The van der Waals surface area contributed by atoms with Crippen LogP contribution in [-0.4, -0.2) is 61.2 Å². The highest BCUT2D eigenvalue weighted by atomic mass is 32.2. The summed E-state index contributed by atoms with van der Waals surface area (Å²) in [5, 5.41) is 7.71. The molecule has 11 nitrogen and oxygen atoms in total. The Kier molecular flexibility index (Phi) is 11.8. The SMILES string of the molecule is CC(CCC(=O)OC(C(F)(F)F)C(F)(F)SOO[O-])[C@H]1CC[C@H]2[C@@H]3[C@H](OC=O)C[C@@H]4C[C@H](OC=O)CC[C@]4(C)[C@H]3C[C@H](OC=O)[C@]12C. The predicted molar refractivity (Wildman–Crippen MR) is 148 cm³/mol. The van der Waals surface area contributed by atoms with Gasteiger partial charge in [0.15, 0.2) is 0 Å². The largest absolute Gasteiger partial charge is 0.691 e. The van der Waals surface area contributed by atoms with Crippen molar-refractivity contribution >= 4 is 37.4 Å². The summed E-state index contributed by atoms with van der Waals surface area (Å²) in [4.78, 5) is 47.1. The third-order valence-electron chi connectivity index (χ3n) is 12.0. The third-order valence-corrected chi connectivity index (χ3v) is 12.5. The second-order valence-electron chi connectivity index (χ2n) is 13.8. The van der Waals surface area contributed by atoms with Gasteiger partial charge in [0, 0.05) is 17.8 Å². The molecule has 2 unspecified atom stereocenters. The van der Waals surface area contributed by atoms with Gasteiger partial charge in [-0.3, -0.25) is 24.2 Å². The number of ether oxygens (including phenoxy) is 4. The number of esters is 1. The quantitative estimate of drug-likeness (QED) is 0.0437. The maximum absolute atomic E-state index is 14.1. The maximum Gasteiger partial charge on any atom is 0.432 e. The first kappa shape index (κ1) is 37.6. The van der Waals surface area contributed by atoms with Crippen LogP contribution < -0.4 is 5.26 Å². The molecule has 0 bridgehead atoms. The summed E-state index contributed by atoms with van der Waals surface area (Å²) >= 11 is -1.22. The minimum atomic E-state index is -5.68. The van der Waals surface area contributed by atoms with E-state index in [9.17, 15) is 46.4 Å². The fourth-order valence-electron chi connectivity index (χ4n) is 9.91. The monoisotopic (exact) mass is 703 g/mol. The summed E-state index contributed by atoms with van der Waals surface area (Å²) in [6.07, 6.45) is -7.04. The predicted octanol–water partition coefficient (Wildman–Crippen LogP) is 4.84. The number of carbonyl (C=O) groups is 4. The molecule has 0 amide bonds. The Morgan fingerprint density at radius 3 is 2.26 bits per heavy atom. The summed E-state index contributed by atoms with van der Waals surface area (Å²) in [5.41, 5.74) is -0.875. The van der Waals surface area contributed by atoms with Gasteiger partial charge in [-0.1, -0.05) is 20.8 Å². The van der Waals surface area contributed by atoms with Crippen LogP contribution in [0.1, 0.15) is 78.6 Å². The normalized spacial score (nSPS) is 38.1. The van der Waals surface area contributed by atoms with Crippen molar-refractivity contribution in [3.05, 3.63) is 0 Å². The van der Waals surface area contributed by atoms with Crippen molar-refractivity contribution in [3.63, 3.8) is 0 Å². The van der Waals surface area contributed by atoms with Gasteiger partial charge in [-0.25, -0.2) is 0 Å². The van der Waals surface area contributed by atoms with Gasteiger partial charge in [-0.15, -0.1) is 0 Å². The molecular formula is C30H40F5O11S-. The van der Waals surface area contributed by atoms with Crippen LogP contribution in [0.15, 0.2) is 0 Å². The van der Waals surface area contributed by atoms with Crippen LogP contribution >= 0.6 is 12.0 Å². The fraction of sp³-hybridized carbons (Fsp3) is 0.867. The third kappa shape index (κ3) is 7.37. The standard InChI is InChI=1S/C30H41F5O11S/c1-16(4-7-24(39)44-26(29(31,32)33)30(34,35)47-46-45-40)19-5-6-20-25-21(12-23(43-15-38)28(19,20)3)27(2)9-8-18(41-13-36)10-17(27)11-22(25)42-14-37/h13-23,25-26,40H,4-12H2,1-3H3/p-1/t16?,17-,18+,19+,20-,21-,22+,23-,25-,26?,27-,28+/m0/s1. The van der Waals surface area contributed by atoms with Crippen molar-refractivity contribution in [1.29, 1.82) is 0 Å². The molecule has 0 heterocycles. The van der Waals surface area contributed by atoms with Crippen LogP contribution in [0.4, 0.5) is 22.0 Å². The van der Waals surface area contributed by atoms with Crippen LogP contribution in [-0.2, 0) is 47.5 Å². The number of hydrogen-bond donors (Lipinski definition) is 0. The van der Waals surface area contributed by atoms with Crippen molar-refractivity contribution in [3.8, 4) is 0 Å². The van der Waals surface area contributed by atoms with Gasteiger partial charge < -0.3 is 24.2 Å². The molecule has 268 valence electrons. The highest BCUT2D eigenvalue weighted by molar-refractivity contribution is 7.95. The molecule has 0 spiro atoms. The molecule has 0 aromatic carbocycles. The molecule has 17 heteroatoms. The van der Waals surface area contributed by atoms with Gasteiger partial charge >= 0.3 is 17.4 Å². The van der Waals surface area contributed by atoms with E-state index in [1.165, 1.54) is 0 Å². The minimum absolute atomic E-state index is 0.00488. The fourth-order valence-corrected chi connectivity index (χ4v) is 10.3. The second-order valence-corrected chi connectivity index (χ2v) is 14.7. The Morgan fingerprint density at radius 2 is 1.64 bits per heavy atom. The first-order chi connectivity index (χ1) is 22.1. The van der Waals surface area contributed by atoms with Crippen molar-refractivity contribution < 1.29 is 74.7 Å². The van der Waals surface area contributed by atoms with E-state index < -0.39 is 59.6 Å².